The molecule has 1 fully saturated rings. The number of likely N-dealkylation sites (tertiary alicyclic amines) is 1. The first-order valence-corrected chi connectivity index (χ1v) is 12.7. The van der Waals surface area contributed by atoms with E-state index in [1.165, 1.54) is 11.3 Å². The Kier molecular flexibility index (Phi) is 6.81. The predicted molar refractivity (Wildman–Crippen MR) is 136 cm³/mol. The number of pyridine rings is 1. The summed E-state index contributed by atoms with van der Waals surface area (Å²) in [5.74, 6) is -0.353. The molecule has 4 heterocycles. The molecular weight excluding hydrogens is 484 g/mol. The smallest absolute Gasteiger partial charge is 0.274 e. The topological polar surface area (TPSA) is 106 Å². The minimum absolute atomic E-state index is 0.144. The second-order valence-corrected chi connectivity index (χ2v) is 9.82. The van der Waals surface area contributed by atoms with Crippen LogP contribution < -0.4 is 11.1 Å². The van der Waals surface area contributed by atoms with Gasteiger partial charge in [0.1, 0.15) is 22.0 Å². The third-order valence-electron chi connectivity index (χ3n) is 6.15. The number of carbonyl (C=O) groups is 2. The molecule has 1 aromatic carbocycles. The average molecular weight is 509 g/mol. The minimum Gasteiger partial charge on any atom is -0.350 e. The van der Waals surface area contributed by atoms with Crippen molar-refractivity contribution in [2.75, 3.05) is 13.1 Å². The third kappa shape index (κ3) is 5.07. The van der Waals surface area contributed by atoms with Gasteiger partial charge in [0.15, 0.2) is 0 Å². The Morgan fingerprint density at radius 2 is 1.89 bits per heavy atom. The summed E-state index contributed by atoms with van der Waals surface area (Å²) in [5.41, 5.74) is 9.26. The second kappa shape index (κ2) is 10.2. The first kappa shape index (κ1) is 23.5. The van der Waals surface area contributed by atoms with Crippen LogP contribution in [0.5, 0.6) is 0 Å². The molecule has 0 bridgehead atoms. The average Bonchev–Trinajstić information content (AvgIpc) is 3.62. The van der Waals surface area contributed by atoms with Crippen LogP contribution in [0.3, 0.4) is 0 Å². The fourth-order valence-electron chi connectivity index (χ4n) is 4.28. The lowest BCUT2D eigenvalue weighted by Gasteiger charge is -2.22. The molecule has 8 nitrogen and oxygen atoms in total. The number of rotatable bonds is 7. The fourth-order valence-corrected chi connectivity index (χ4v) is 5.39. The molecule has 1 atom stereocenters. The Balaban J connectivity index is 1.22. The lowest BCUT2D eigenvalue weighted by atomic mass is 10.1. The summed E-state index contributed by atoms with van der Waals surface area (Å²) in [5, 5.41) is 6.04. The molecule has 1 aliphatic heterocycles. The van der Waals surface area contributed by atoms with E-state index in [2.05, 4.69) is 15.3 Å². The van der Waals surface area contributed by atoms with Crippen molar-refractivity contribution in [2.24, 2.45) is 5.73 Å². The highest BCUT2D eigenvalue weighted by Crippen LogP contribution is 2.34. The van der Waals surface area contributed by atoms with Gasteiger partial charge in [0.05, 0.1) is 11.1 Å². The maximum absolute atomic E-state index is 13.3. The van der Waals surface area contributed by atoms with Gasteiger partial charge in [0.2, 0.25) is 0 Å². The number of hydrogen-bond acceptors (Lipinski definition) is 6. The number of hydrogen-bond donors (Lipinski definition) is 2. The van der Waals surface area contributed by atoms with Crippen molar-refractivity contribution in [2.45, 2.75) is 31.8 Å². The zero-order valence-electron chi connectivity index (χ0n) is 19.0. The van der Waals surface area contributed by atoms with E-state index >= 15 is 0 Å². The predicted octanol–water partition coefficient (Wildman–Crippen LogP) is 3.85. The summed E-state index contributed by atoms with van der Waals surface area (Å²) in [6.45, 7) is 1.66. The molecule has 0 saturated carbocycles. The number of benzene rings is 1. The Bertz CT molecular complexity index is 1370. The molecule has 0 radical (unpaired) electrons. The summed E-state index contributed by atoms with van der Waals surface area (Å²) >= 11 is 7.46. The molecule has 3 N–H and O–H groups in total. The summed E-state index contributed by atoms with van der Waals surface area (Å²) in [7, 11) is 0. The molecule has 180 valence electrons. The van der Waals surface area contributed by atoms with E-state index in [9.17, 15) is 9.59 Å². The molecule has 4 aromatic rings. The van der Waals surface area contributed by atoms with Crippen LogP contribution in [0, 0.1) is 0 Å². The molecule has 0 aliphatic carbocycles. The Labute approximate surface area is 211 Å². The lowest BCUT2D eigenvalue weighted by Crippen LogP contribution is -2.31. The molecular formula is C25H25ClN6O2S. The number of halogens is 1. The normalized spacial score (nSPS) is 15.6. The van der Waals surface area contributed by atoms with Crippen LogP contribution in [-0.4, -0.2) is 44.2 Å². The van der Waals surface area contributed by atoms with Crippen LogP contribution in [0.25, 0.3) is 5.65 Å². The molecule has 10 heteroatoms. The van der Waals surface area contributed by atoms with Gasteiger partial charge in [0, 0.05) is 37.4 Å². The number of nitrogens with zero attached hydrogens (tertiary/aromatic N) is 4. The van der Waals surface area contributed by atoms with E-state index in [0.29, 0.717) is 41.7 Å². The molecule has 5 rings (SSSR count). The Morgan fingerprint density at radius 3 is 2.69 bits per heavy atom. The van der Waals surface area contributed by atoms with Crippen LogP contribution in [0.1, 0.15) is 56.0 Å². The van der Waals surface area contributed by atoms with E-state index in [1.54, 1.807) is 39.2 Å². The highest BCUT2D eigenvalue weighted by atomic mass is 35.5. The van der Waals surface area contributed by atoms with Gasteiger partial charge in [-0.1, -0.05) is 35.9 Å². The van der Waals surface area contributed by atoms with Crippen LogP contribution >= 0.6 is 22.9 Å². The largest absolute Gasteiger partial charge is 0.350 e. The van der Waals surface area contributed by atoms with E-state index in [4.69, 9.17) is 17.3 Å². The van der Waals surface area contributed by atoms with Gasteiger partial charge in [-0.2, -0.15) is 0 Å². The number of nitrogens with two attached hydrogens (primary N) is 1. The van der Waals surface area contributed by atoms with E-state index < -0.39 is 0 Å². The van der Waals surface area contributed by atoms with Crippen LogP contribution in [-0.2, 0) is 13.0 Å². The first-order valence-electron chi connectivity index (χ1n) is 11.5. The zero-order valence-corrected chi connectivity index (χ0v) is 20.6. The number of carbonyl (C=O) groups excluding carboxylic acids is 2. The third-order valence-corrected chi connectivity index (χ3v) is 7.31. The molecule has 3 aromatic heterocycles. The lowest BCUT2D eigenvalue weighted by molar-refractivity contribution is 0.0730. The summed E-state index contributed by atoms with van der Waals surface area (Å²) in [6.07, 6.45) is 5.83. The standard InChI is InChI=1S/C25H25ClN6O2S/c26-18-7-8-22-29-19(14-31(22)13-18)25(34)32-11-1-2-21(32)24-30-20(15-35-24)23(33)28-10-9-16-3-5-17(12-27)6-4-16/h3-8,13-15,21H,1-2,9-12,27H2,(H,28,33). The number of imidazole rings is 1. The summed E-state index contributed by atoms with van der Waals surface area (Å²) in [4.78, 5) is 36.7. The zero-order chi connectivity index (χ0) is 24.4. The Morgan fingerprint density at radius 1 is 1.09 bits per heavy atom. The highest BCUT2D eigenvalue weighted by Gasteiger charge is 2.34. The van der Waals surface area contributed by atoms with Crippen molar-refractivity contribution in [1.82, 2.24) is 24.6 Å². The van der Waals surface area contributed by atoms with Crippen molar-refractivity contribution in [3.63, 3.8) is 0 Å². The van der Waals surface area contributed by atoms with Crippen molar-refractivity contribution >= 4 is 40.4 Å². The SMILES string of the molecule is NCc1ccc(CCNC(=O)c2csc(C3CCCN3C(=O)c3cn4cc(Cl)ccc4n3)n2)cc1. The van der Waals surface area contributed by atoms with Gasteiger partial charge in [-0.15, -0.1) is 11.3 Å². The number of amides is 2. The van der Waals surface area contributed by atoms with Crippen LogP contribution in [0.4, 0.5) is 0 Å². The van der Waals surface area contributed by atoms with Gasteiger partial charge in [-0.05, 0) is 42.5 Å². The highest BCUT2D eigenvalue weighted by molar-refractivity contribution is 7.09. The molecule has 35 heavy (non-hydrogen) atoms. The molecule has 0 spiro atoms. The van der Waals surface area contributed by atoms with Crippen LogP contribution in [0.2, 0.25) is 5.02 Å². The fraction of sp³-hybridized carbons (Fsp3) is 0.280. The van der Waals surface area contributed by atoms with Gasteiger partial charge in [-0.25, -0.2) is 9.97 Å². The van der Waals surface area contributed by atoms with E-state index in [0.717, 1.165) is 35.4 Å². The van der Waals surface area contributed by atoms with Crippen molar-refractivity contribution < 1.29 is 9.59 Å². The monoisotopic (exact) mass is 508 g/mol. The summed E-state index contributed by atoms with van der Waals surface area (Å²) < 4.78 is 1.75. The van der Waals surface area contributed by atoms with E-state index in [-0.39, 0.29) is 17.9 Å². The maximum Gasteiger partial charge on any atom is 0.274 e. The van der Waals surface area contributed by atoms with Crippen molar-refractivity contribution in [3.8, 4) is 0 Å². The number of nitrogens with one attached hydrogen (secondary N) is 1. The first-order chi connectivity index (χ1) is 17.0. The molecule has 2 amide bonds. The number of aromatic nitrogens is 3. The molecule has 1 unspecified atom stereocenters. The molecule has 1 saturated heterocycles. The van der Waals surface area contributed by atoms with Gasteiger partial charge in [-0.3, -0.25) is 9.59 Å². The minimum atomic E-state index is -0.209. The Hall–Kier alpha value is -3.27. The quantitative estimate of drug-likeness (QED) is 0.394. The molecule has 1 aliphatic rings. The van der Waals surface area contributed by atoms with Crippen LogP contribution in [0.15, 0.2) is 54.2 Å². The van der Waals surface area contributed by atoms with Gasteiger partial charge < -0.3 is 20.4 Å². The second-order valence-electron chi connectivity index (χ2n) is 8.49. The maximum atomic E-state index is 13.3. The van der Waals surface area contributed by atoms with Crippen molar-refractivity contribution in [3.05, 3.63) is 86.7 Å². The number of fused-ring (bicyclic) bond motifs is 1. The number of thiazole rings is 1. The van der Waals surface area contributed by atoms with Gasteiger partial charge >= 0.3 is 0 Å². The van der Waals surface area contributed by atoms with Crippen molar-refractivity contribution in [1.29, 1.82) is 0 Å². The summed E-state index contributed by atoms with van der Waals surface area (Å²) in [6, 6.07) is 11.4. The van der Waals surface area contributed by atoms with Gasteiger partial charge in [0.25, 0.3) is 11.8 Å². The van der Waals surface area contributed by atoms with E-state index in [1.807, 2.05) is 24.3 Å².